The number of alkyl halides is 1. The van der Waals surface area contributed by atoms with Gasteiger partial charge in [-0.15, -0.1) is 11.6 Å². The first-order valence-electron chi connectivity index (χ1n) is 6.58. The fraction of sp³-hybridized carbons (Fsp3) is 0.615. The van der Waals surface area contributed by atoms with Crippen LogP contribution in [0.4, 0.5) is 5.88 Å². The molecule has 6 nitrogen and oxygen atoms in total. The van der Waals surface area contributed by atoms with Crippen molar-refractivity contribution in [3.63, 3.8) is 0 Å². The van der Waals surface area contributed by atoms with Crippen LogP contribution in [-0.2, 0) is 0 Å². The SMILES string of the molecule is CC1CCC(CCl)(NC(=O)c2ccc([N+](=O)[O-])o2)CC1. The molecule has 1 aromatic heterocycles. The van der Waals surface area contributed by atoms with Gasteiger partial charge in [0.25, 0.3) is 5.91 Å². The zero-order valence-electron chi connectivity index (χ0n) is 11.2. The molecule has 1 saturated carbocycles. The predicted molar refractivity (Wildman–Crippen MR) is 73.9 cm³/mol. The van der Waals surface area contributed by atoms with Crippen LogP contribution < -0.4 is 5.32 Å². The molecule has 0 aliphatic heterocycles. The molecule has 1 heterocycles. The van der Waals surface area contributed by atoms with Crippen LogP contribution >= 0.6 is 11.6 Å². The topological polar surface area (TPSA) is 85.4 Å². The van der Waals surface area contributed by atoms with Gasteiger partial charge >= 0.3 is 5.88 Å². The Balaban J connectivity index is 2.07. The Morgan fingerprint density at radius 3 is 2.70 bits per heavy atom. The molecule has 0 aromatic carbocycles. The summed E-state index contributed by atoms with van der Waals surface area (Å²) in [5.74, 6) is 0.0160. The Bertz CT molecular complexity index is 506. The van der Waals surface area contributed by atoms with Gasteiger partial charge in [-0.25, -0.2) is 0 Å². The maximum absolute atomic E-state index is 12.1. The van der Waals surface area contributed by atoms with E-state index in [0.29, 0.717) is 11.8 Å². The first-order chi connectivity index (χ1) is 9.46. The van der Waals surface area contributed by atoms with Crippen molar-refractivity contribution in [1.82, 2.24) is 5.32 Å². The summed E-state index contributed by atoms with van der Waals surface area (Å²) in [6.45, 7) is 2.18. The van der Waals surface area contributed by atoms with Gasteiger partial charge in [0, 0.05) is 5.88 Å². The van der Waals surface area contributed by atoms with E-state index in [0.717, 1.165) is 25.7 Å². The van der Waals surface area contributed by atoms with Crippen molar-refractivity contribution in [1.29, 1.82) is 0 Å². The molecule has 0 bridgehead atoms. The Morgan fingerprint density at radius 2 is 2.20 bits per heavy atom. The normalized spacial score (nSPS) is 26.2. The fourth-order valence-electron chi connectivity index (χ4n) is 2.46. The zero-order chi connectivity index (χ0) is 14.8. The van der Waals surface area contributed by atoms with Crippen molar-refractivity contribution in [3.8, 4) is 0 Å². The third kappa shape index (κ3) is 3.12. The molecule has 2 rings (SSSR count). The molecular weight excluding hydrogens is 284 g/mol. The molecule has 1 aliphatic rings. The van der Waals surface area contributed by atoms with Crippen molar-refractivity contribution in [2.75, 3.05) is 5.88 Å². The molecule has 0 radical (unpaired) electrons. The van der Waals surface area contributed by atoms with Crippen molar-refractivity contribution >= 4 is 23.4 Å². The Hall–Kier alpha value is -1.56. The van der Waals surface area contributed by atoms with Gasteiger partial charge in [-0.1, -0.05) is 6.92 Å². The molecule has 20 heavy (non-hydrogen) atoms. The molecule has 0 unspecified atom stereocenters. The average Bonchev–Trinajstić information content (AvgIpc) is 2.92. The third-order valence-electron chi connectivity index (χ3n) is 3.86. The van der Waals surface area contributed by atoms with Gasteiger partial charge in [0.2, 0.25) is 0 Å². The van der Waals surface area contributed by atoms with Crippen LogP contribution in [-0.4, -0.2) is 22.2 Å². The minimum atomic E-state index is -0.670. The molecule has 0 atom stereocenters. The maximum atomic E-state index is 12.1. The quantitative estimate of drug-likeness (QED) is 0.526. The van der Waals surface area contributed by atoms with Crippen molar-refractivity contribution in [2.45, 2.75) is 38.1 Å². The largest absolute Gasteiger partial charge is 0.433 e. The number of furan rings is 1. The van der Waals surface area contributed by atoms with Crippen LogP contribution in [0.15, 0.2) is 16.5 Å². The van der Waals surface area contributed by atoms with E-state index < -0.39 is 22.3 Å². The highest BCUT2D eigenvalue weighted by molar-refractivity contribution is 6.18. The number of rotatable bonds is 4. The summed E-state index contributed by atoms with van der Waals surface area (Å²) in [5, 5.41) is 13.4. The second-order valence-corrected chi connectivity index (χ2v) is 5.71. The molecule has 0 spiro atoms. The first-order valence-corrected chi connectivity index (χ1v) is 7.12. The van der Waals surface area contributed by atoms with Crippen molar-refractivity contribution in [2.24, 2.45) is 5.92 Å². The first kappa shape index (κ1) is 14.8. The highest BCUT2D eigenvalue weighted by Gasteiger charge is 2.35. The standard InChI is InChI=1S/C13H17ClN2O4/c1-9-4-6-13(8-14,7-5-9)15-12(17)10-2-3-11(20-10)16(18)19/h2-3,9H,4-8H2,1H3,(H,15,17). The number of hydrogen-bond donors (Lipinski definition) is 1. The second-order valence-electron chi connectivity index (χ2n) is 5.45. The molecular formula is C13H17ClN2O4. The van der Waals surface area contributed by atoms with Gasteiger partial charge in [0.15, 0.2) is 5.76 Å². The summed E-state index contributed by atoms with van der Waals surface area (Å²) in [4.78, 5) is 22.0. The zero-order valence-corrected chi connectivity index (χ0v) is 12.0. The van der Waals surface area contributed by atoms with E-state index in [9.17, 15) is 14.9 Å². The molecule has 7 heteroatoms. The molecule has 110 valence electrons. The van der Waals surface area contributed by atoms with E-state index in [2.05, 4.69) is 12.2 Å². The molecule has 1 N–H and O–H groups in total. The maximum Gasteiger partial charge on any atom is 0.433 e. The van der Waals surface area contributed by atoms with Gasteiger partial charge in [0.05, 0.1) is 11.6 Å². The van der Waals surface area contributed by atoms with Gasteiger partial charge in [-0.2, -0.15) is 0 Å². The smallest absolute Gasteiger partial charge is 0.395 e. The van der Waals surface area contributed by atoms with Crippen LogP contribution in [0.25, 0.3) is 0 Å². The summed E-state index contributed by atoms with van der Waals surface area (Å²) >= 11 is 6.02. The summed E-state index contributed by atoms with van der Waals surface area (Å²) in [5.41, 5.74) is -0.438. The number of hydrogen-bond acceptors (Lipinski definition) is 4. The van der Waals surface area contributed by atoms with E-state index in [1.165, 1.54) is 12.1 Å². The predicted octanol–water partition coefficient (Wildman–Crippen LogP) is 3.11. The highest BCUT2D eigenvalue weighted by atomic mass is 35.5. The van der Waals surface area contributed by atoms with Gasteiger partial charge in [-0.3, -0.25) is 14.9 Å². The van der Waals surface area contributed by atoms with Crippen LogP contribution in [0, 0.1) is 16.0 Å². The van der Waals surface area contributed by atoms with Gasteiger partial charge < -0.3 is 9.73 Å². The highest BCUT2D eigenvalue weighted by Crippen LogP contribution is 2.33. The van der Waals surface area contributed by atoms with E-state index in [4.69, 9.17) is 16.0 Å². The molecule has 0 saturated heterocycles. The van der Waals surface area contributed by atoms with Crippen molar-refractivity contribution in [3.05, 3.63) is 28.0 Å². The van der Waals surface area contributed by atoms with E-state index in [1.54, 1.807) is 0 Å². The number of nitrogens with one attached hydrogen (secondary N) is 1. The molecule has 1 aliphatic carbocycles. The summed E-state index contributed by atoms with van der Waals surface area (Å²) in [7, 11) is 0. The number of carbonyl (C=O) groups is 1. The average molecular weight is 301 g/mol. The number of carbonyl (C=O) groups excluding carboxylic acids is 1. The number of amides is 1. The Morgan fingerprint density at radius 1 is 1.55 bits per heavy atom. The summed E-state index contributed by atoms with van der Waals surface area (Å²) in [6.07, 6.45) is 3.63. The number of halogens is 1. The van der Waals surface area contributed by atoms with E-state index >= 15 is 0 Å². The number of nitro groups is 1. The second kappa shape index (κ2) is 5.83. The minimum absolute atomic E-state index is 0.0557. The molecule has 1 amide bonds. The fourth-order valence-corrected chi connectivity index (χ4v) is 2.79. The van der Waals surface area contributed by atoms with Crippen LogP contribution in [0.1, 0.15) is 43.2 Å². The van der Waals surface area contributed by atoms with E-state index in [1.807, 2.05) is 0 Å². The minimum Gasteiger partial charge on any atom is -0.395 e. The lowest BCUT2D eigenvalue weighted by Gasteiger charge is -2.38. The summed E-state index contributed by atoms with van der Waals surface area (Å²) in [6, 6.07) is 2.48. The lowest BCUT2D eigenvalue weighted by Crippen LogP contribution is -2.52. The molecule has 1 fully saturated rings. The summed E-state index contributed by atoms with van der Waals surface area (Å²) < 4.78 is 4.90. The van der Waals surface area contributed by atoms with E-state index in [-0.39, 0.29) is 5.76 Å². The molecule has 1 aromatic rings. The van der Waals surface area contributed by atoms with Gasteiger partial charge in [-0.05, 0) is 37.7 Å². The van der Waals surface area contributed by atoms with Crippen LogP contribution in [0.5, 0.6) is 0 Å². The van der Waals surface area contributed by atoms with Crippen LogP contribution in [0.3, 0.4) is 0 Å². The Labute approximate surface area is 121 Å². The third-order valence-corrected chi connectivity index (χ3v) is 4.37. The lowest BCUT2D eigenvalue weighted by molar-refractivity contribution is -0.402. The van der Waals surface area contributed by atoms with Gasteiger partial charge in [0.1, 0.15) is 4.92 Å². The van der Waals surface area contributed by atoms with Crippen LogP contribution in [0.2, 0.25) is 0 Å². The Kier molecular flexibility index (Phi) is 4.32. The number of nitrogens with zero attached hydrogens (tertiary/aromatic N) is 1. The lowest BCUT2D eigenvalue weighted by atomic mass is 9.78. The monoisotopic (exact) mass is 300 g/mol. The van der Waals surface area contributed by atoms with Crippen molar-refractivity contribution < 1.29 is 14.1 Å².